The van der Waals surface area contributed by atoms with E-state index in [1.54, 1.807) is 0 Å². The van der Waals surface area contributed by atoms with E-state index in [0.29, 0.717) is 13.0 Å². The first-order valence-electron chi connectivity index (χ1n) is 5.72. The summed E-state index contributed by atoms with van der Waals surface area (Å²) in [5.74, 6) is 0.0288. The van der Waals surface area contributed by atoms with E-state index in [0.717, 1.165) is 25.9 Å². The van der Waals surface area contributed by atoms with E-state index in [9.17, 15) is 4.79 Å². The summed E-state index contributed by atoms with van der Waals surface area (Å²) < 4.78 is 5.58. The number of rotatable bonds is 5. The maximum Gasteiger partial charge on any atom is 0.221 e. The summed E-state index contributed by atoms with van der Waals surface area (Å²) in [4.78, 5) is 11.5. The minimum atomic E-state index is -0.161. The van der Waals surface area contributed by atoms with Crippen molar-refractivity contribution in [2.75, 3.05) is 13.2 Å². The molecule has 0 aromatic carbocycles. The zero-order chi connectivity index (χ0) is 11.3. The summed E-state index contributed by atoms with van der Waals surface area (Å²) in [5.41, 5.74) is 5.54. The molecule has 88 valence electrons. The quantitative estimate of drug-likeness (QED) is 0.711. The fourth-order valence-electron chi connectivity index (χ4n) is 1.72. The van der Waals surface area contributed by atoms with Crippen molar-refractivity contribution in [2.45, 2.75) is 51.2 Å². The zero-order valence-corrected chi connectivity index (χ0v) is 9.71. The van der Waals surface area contributed by atoms with Gasteiger partial charge in [0, 0.05) is 25.6 Å². The van der Waals surface area contributed by atoms with Gasteiger partial charge in [0.25, 0.3) is 0 Å². The third-order valence-corrected chi connectivity index (χ3v) is 2.93. The smallest absolute Gasteiger partial charge is 0.221 e. The molecule has 1 aliphatic rings. The Morgan fingerprint density at radius 3 is 2.93 bits per heavy atom. The highest BCUT2D eigenvalue weighted by Gasteiger charge is 2.29. The third kappa shape index (κ3) is 4.18. The van der Waals surface area contributed by atoms with Gasteiger partial charge in [0.2, 0.25) is 5.91 Å². The van der Waals surface area contributed by atoms with Gasteiger partial charge in [0.05, 0.1) is 5.60 Å². The highest BCUT2D eigenvalue weighted by atomic mass is 16.5. The maximum absolute atomic E-state index is 11.5. The van der Waals surface area contributed by atoms with Crippen molar-refractivity contribution in [1.29, 1.82) is 0 Å². The molecule has 0 radical (unpaired) electrons. The molecular weight excluding hydrogens is 192 g/mol. The lowest BCUT2D eigenvalue weighted by Crippen LogP contribution is -2.41. The highest BCUT2D eigenvalue weighted by molar-refractivity contribution is 5.76. The third-order valence-electron chi connectivity index (χ3n) is 2.93. The van der Waals surface area contributed by atoms with E-state index in [2.05, 4.69) is 5.32 Å². The lowest BCUT2D eigenvalue weighted by Gasteiger charge is -2.23. The Bertz CT molecular complexity index is 213. The van der Waals surface area contributed by atoms with Gasteiger partial charge < -0.3 is 15.8 Å². The number of hydrogen-bond donors (Lipinski definition) is 2. The fraction of sp³-hybridized carbons (Fsp3) is 0.909. The first-order valence-corrected chi connectivity index (χ1v) is 5.72. The molecule has 0 aromatic heterocycles. The van der Waals surface area contributed by atoms with E-state index < -0.39 is 0 Å². The molecule has 1 amide bonds. The second-order valence-electron chi connectivity index (χ2n) is 4.55. The van der Waals surface area contributed by atoms with Crippen LogP contribution in [0, 0.1) is 0 Å². The van der Waals surface area contributed by atoms with Crippen LogP contribution < -0.4 is 11.1 Å². The van der Waals surface area contributed by atoms with E-state index in [1.165, 1.54) is 0 Å². The van der Waals surface area contributed by atoms with Gasteiger partial charge in [-0.3, -0.25) is 4.79 Å². The van der Waals surface area contributed by atoms with Crippen molar-refractivity contribution in [3.8, 4) is 0 Å². The van der Waals surface area contributed by atoms with Crippen molar-refractivity contribution in [3.05, 3.63) is 0 Å². The Hall–Kier alpha value is -0.610. The van der Waals surface area contributed by atoms with E-state index in [1.807, 2.05) is 13.8 Å². The second-order valence-corrected chi connectivity index (χ2v) is 4.55. The number of hydrogen-bond acceptors (Lipinski definition) is 3. The number of amides is 1. The van der Waals surface area contributed by atoms with Crippen LogP contribution in [0.15, 0.2) is 0 Å². The van der Waals surface area contributed by atoms with Gasteiger partial charge in [-0.15, -0.1) is 0 Å². The van der Waals surface area contributed by atoms with Crippen LogP contribution in [0.3, 0.4) is 0 Å². The first-order chi connectivity index (χ1) is 7.06. The molecule has 1 heterocycles. The topological polar surface area (TPSA) is 64.4 Å². The van der Waals surface area contributed by atoms with Crippen LogP contribution in [0.25, 0.3) is 0 Å². The predicted molar refractivity (Wildman–Crippen MR) is 59.5 cm³/mol. The summed E-state index contributed by atoms with van der Waals surface area (Å²) in [7, 11) is 0. The van der Waals surface area contributed by atoms with Crippen LogP contribution in [0.5, 0.6) is 0 Å². The summed E-state index contributed by atoms with van der Waals surface area (Å²) in [6, 6.07) is -0.0256. The largest absolute Gasteiger partial charge is 0.373 e. The Kier molecular flexibility index (Phi) is 4.54. The molecule has 4 nitrogen and oxygen atoms in total. The second kappa shape index (κ2) is 5.47. The number of ether oxygens (including phenoxy) is 1. The molecule has 3 N–H and O–H groups in total. The molecule has 2 atom stereocenters. The normalized spacial score (nSPS) is 27.7. The van der Waals surface area contributed by atoms with Gasteiger partial charge in [0.15, 0.2) is 0 Å². The summed E-state index contributed by atoms with van der Waals surface area (Å²) in [6.45, 7) is 5.43. The minimum Gasteiger partial charge on any atom is -0.373 e. The van der Waals surface area contributed by atoms with Crippen LogP contribution in [0.4, 0.5) is 0 Å². The van der Waals surface area contributed by atoms with Crippen molar-refractivity contribution in [2.24, 2.45) is 5.73 Å². The minimum absolute atomic E-state index is 0.0256. The molecule has 15 heavy (non-hydrogen) atoms. The van der Waals surface area contributed by atoms with Crippen LogP contribution in [0.2, 0.25) is 0 Å². The fourth-order valence-corrected chi connectivity index (χ4v) is 1.72. The molecule has 0 bridgehead atoms. The standard InChI is InChI=1S/C11H22N2O2/c1-3-9(12)7-10(14)13-8-11(2)5-4-6-15-11/h9H,3-8,12H2,1-2H3,(H,13,14). The van der Waals surface area contributed by atoms with Gasteiger partial charge in [-0.05, 0) is 26.2 Å². The average molecular weight is 214 g/mol. The Labute approximate surface area is 91.5 Å². The molecule has 0 spiro atoms. The van der Waals surface area contributed by atoms with E-state index in [4.69, 9.17) is 10.5 Å². The molecule has 2 unspecified atom stereocenters. The number of nitrogens with two attached hydrogens (primary N) is 1. The van der Waals surface area contributed by atoms with Crippen LogP contribution in [0.1, 0.15) is 39.5 Å². The summed E-state index contributed by atoms with van der Waals surface area (Å²) in [5, 5.41) is 2.89. The van der Waals surface area contributed by atoms with Crippen molar-refractivity contribution < 1.29 is 9.53 Å². The molecule has 1 saturated heterocycles. The molecule has 1 aliphatic heterocycles. The van der Waals surface area contributed by atoms with Crippen molar-refractivity contribution in [1.82, 2.24) is 5.32 Å². The van der Waals surface area contributed by atoms with Crippen LogP contribution in [-0.2, 0) is 9.53 Å². The predicted octanol–water partition coefficient (Wildman–Crippen LogP) is 0.799. The molecule has 0 aliphatic carbocycles. The summed E-state index contributed by atoms with van der Waals surface area (Å²) >= 11 is 0. The van der Waals surface area contributed by atoms with Gasteiger partial charge in [-0.1, -0.05) is 6.92 Å². The molecule has 0 aromatic rings. The number of carbonyl (C=O) groups is 1. The number of carbonyl (C=O) groups excluding carboxylic acids is 1. The van der Waals surface area contributed by atoms with E-state index in [-0.39, 0.29) is 17.6 Å². The molecule has 0 saturated carbocycles. The van der Waals surface area contributed by atoms with E-state index >= 15 is 0 Å². The lowest BCUT2D eigenvalue weighted by molar-refractivity contribution is -0.122. The SMILES string of the molecule is CCC(N)CC(=O)NCC1(C)CCCO1. The average Bonchev–Trinajstić information content (AvgIpc) is 2.63. The maximum atomic E-state index is 11.5. The Balaban J connectivity index is 2.21. The van der Waals surface area contributed by atoms with Gasteiger partial charge >= 0.3 is 0 Å². The molecule has 1 fully saturated rings. The number of nitrogens with one attached hydrogen (secondary N) is 1. The van der Waals surface area contributed by atoms with Crippen molar-refractivity contribution >= 4 is 5.91 Å². The summed E-state index contributed by atoms with van der Waals surface area (Å²) in [6.07, 6.45) is 3.35. The first kappa shape index (κ1) is 12.5. The highest BCUT2D eigenvalue weighted by Crippen LogP contribution is 2.23. The van der Waals surface area contributed by atoms with Gasteiger partial charge in [-0.2, -0.15) is 0 Å². The van der Waals surface area contributed by atoms with Gasteiger partial charge in [-0.25, -0.2) is 0 Å². The van der Waals surface area contributed by atoms with Crippen LogP contribution >= 0.6 is 0 Å². The molecular formula is C11H22N2O2. The zero-order valence-electron chi connectivity index (χ0n) is 9.71. The van der Waals surface area contributed by atoms with Gasteiger partial charge in [0.1, 0.15) is 0 Å². The Morgan fingerprint density at radius 1 is 1.67 bits per heavy atom. The Morgan fingerprint density at radius 2 is 2.40 bits per heavy atom. The van der Waals surface area contributed by atoms with Crippen LogP contribution in [-0.4, -0.2) is 30.7 Å². The monoisotopic (exact) mass is 214 g/mol. The van der Waals surface area contributed by atoms with Crippen molar-refractivity contribution in [3.63, 3.8) is 0 Å². The molecule has 4 heteroatoms. The molecule has 1 rings (SSSR count). The lowest BCUT2D eigenvalue weighted by atomic mass is 10.0.